The summed E-state index contributed by atoms with van der Waals surface area (Å²) < 4.78 is 22.9. The molecule has 1 aromatic rings. The number of nitrogens with zero attached hydrogens (tertiary/aromatic N) is 1. The molecule has 0 aliphatic rings. The Labute approximate surface area is 96.4 Å². The van der Waals surface area contributed by atoms with Crippen molar-refractivity contribution < 1.29 is 8.76 Å². The van der Waals surface area contributed by atoms with Crippen molar-refractivity contribution in [3.8, 4) is 0 Å². The van der Waals surface area contributed by atoms with Crippen molar-refractivity contribution in [3.63, 3.8) is 0 Å². The van der Waals surface area contributed by atoms with Gasteiger partial charge in [-0.2, -0.15) is 0 Å². The smallest absolute Gasteiger partial charge is 0.207 e. The average Bonchev–Trinajstić information content (AvgIpc) is 2.44. The topological polar surface area (TPSA) is 66.0 Å². The molecule has 1 atom stereocenters. The Morgan fingerprint density at radius 1 is 1.57 bits per heavy atom. The Kier molecular flexibility index (Phi) is 4.58. The van der Waals surface area contributed by atoms with Crippen LogP contribution in [-0.2, 0) is 26.4 Å². The highest BCUT2D eigenvalue weighted by Gasteiger charge is 2.01. The predicted octanol–water partition coefficient (Wildman–Crippen LogP) is 1.74. The summed E-state index contributed by atoms with van der Waals surface area (Å²) in [6.07, 6.45) is 2.23. The van der Waals surface area contributed by atoms with E-state index in [1.807, 2.05) is 0 Å². The first-order valence-electron chi connectivity index (χ1n) is 3.97. The van der Waals surface area contributed by atoms with Crippen molar-refractivity contribution in [2.45, 2.75) is 19.3 Å². The zero-order valence-corrected chi connectivity index (χ0v) is 10.5. The third-order valence-electron chi connectivity index (χ3n) is 1.53. The molecular formula is C6H10N2O2S4. The number of hydrogen-bond donors (Lipinski definition) is 2. The van der Waals surface area contributed by atoms with Gasteiger partial charge < -0.3 is 4.55 Å². The lowest BCUT2D eigenvalue weighted by Gasteiger charge is -1.97. The van der Waals surface area contributed by atoms with E-state index in [0.717, 1.165) is 17.8 Å². The molecule has 1 rings (SSSR count). The van der Waals surface area contributed by atoms with E-state index in [1.54, 1.807) is 0 Å². The quantitative estimate of drug-likeness (QED) is 0.630. The fourth-order valence-corrected chi connectivity index (χ4v) is 2.78. The van der Waals surface area contributed by atoms with Crippen LogP contribution in [0, 0.1) is 4.77 Å². The molecule has 4 nitrogen and oxygen atoms in total. The number of aromatic nitrogens is 2. The predicted molar refractivity (Wildman–Crippen MR) is 63.2 cm³/mol. The molecule has 14 heavy (non-hydrogen) atoms. The van der Waals surface area contributed by atoms with Gasteiger partial charge in [0.1, 0.15) is 13.8 Å². The number of rotatable bonds is 5. The SMILES string of the molecule is O=S(O)(=S)CCCCc1nc(=S)[nH]s1. The van der Waals surface area contributed by atoms with Crippen LogP contribution in [0.3, 0.4) is 0 Å². The van der Waals surface area contributed by atoms with E-state index in [4.69, 9.17) is 16.8 Å². The number of aryl methyl sites for hydroxylation is 1. The van der Waals surface area contributed by atoms with E-state index >= 15 is 0 Å². The molecule has 0 aliphatic carbocycles. The van der Waals surface area contributed by atoms with Crippen molar-refractivity contribution in [3.05, 3.63) is 9.78 Å². The van der Waals surface area contributed by atoms with Gasteiger partial charge in [0.25, 0.3) is 0 Å². The highest BCUT2D eigenvalue weighted by atomic mass is 32.8. The summed E-state index contributed by atoms with van der Waals surface area (Å²) in [5.74, 6) is 0.179. The largest absolute Gasteiger partial charge is 0.306 e. The molecule has 8 heteroatoms. The molecule has 0 bridgehead atoms. The Bertz CT molecular complexity index is 433. The first kappa shape index (κ1) is 12.2. The molecule has 0 fully saturated rings. The second-order valence-corrected chi connectivity index (χ2v) is 7.16. The van der Waals surface area contributed by atoms with Crippen LogP contribution >= 0.6 is 23.8 Å². The van der Waals surface area contributed by atoms with Crippen molar-refractivity contribution >= 4 is 43.7 Å². The zero-order chi connectivity index (χ0) is 10.6. The van der Waals surface area contributed by atoms with Gasteiger partial charge in [0.2, 0.25) is 4.77 Å². The Morgan fingerprint density at radius 3 is 2.79 bits per heavy atom. The monoisotopic (exact) mass is 270 g/mol. The summed E-state index contributed by atoms with van der Waals surface area (Å²) in [6.45, 7) is 0. The molecular weight excluding hydrogens is 260 g/mol. The van der Waals surface area contributed by atoms with Crippen LogP contribution in [0.25, 0.3) is 0 Å². The van der Waals surface area contributed by atoms with Gasteiger partial charge in [-0.15, -0.1) is 0 Å². The van der Waals surface area contributed by atoms with Crippen molar-refractivity contribution in [1.29, 1.82) is 0 Å². The number of H-pyrrole nitrogens is 1. The fraction of sp³-hybridized carbons (Fsp3) is 0.667. The minimum absolute atomic E-state index is 0.179. The van der Waals surface area contributed by atoms with Gasteiger partial charge >= 0.3 is 0 Å². The molecule has 2 N–H and O–H groups in total. The first-order chi connectivity index (χ1) is 6.47. The molecule has 1 unspecified atom stereocenters. The van der Waals surface area contributed by atoms with E-state index in [-0.39, 0.29) is 5.75 Å². The van der Waals surface area contributed by atoms with Crippen LogP contribution in [0.2, 0.25) is 0 Å². The Balaban J connectivity index is 2.26. The standard InChI is InChI=1S/C6H10N2O2S4/c9-14(10,12)4-2-1-3-5-7-6(11)8-13-5/h1-4H2,(H,8,11)(H,9,10,12). The highest BCUT2D eigenvalue weighted by molar-refractivity contribution is 8.29. The van der Waals surface area contributed by atoms with Gasteiger partial charge in [-0.1, -0.05) is 0 Å². The number of hydrogen-bond acceptors (Lipinski definition) is 5. The minimum atomic E-state index is -2.99. The third-order valence-corrected chi connectivity index (χ3v) is 3.98. The molecule has 0 aliphatic heterocycles. The molecule has 0 amide bonds. The number of unbranched alkanes of at least 4 members (excludes halogenated alkanes) is 1. The van der Waals surface area contributed by atoms with Gasteiger partial charge in [0.05, 0.1) is 0 Å². The van der Waals surface area contributed by atoms with Gasteiger partial charge in [-0.25, -0.2) is 9.19 Å². The van der Waals surface area contributed by atoms with Gasteiger partial charge in [-0.3, -0.25) is 4.37 Å². The zero-order valence-electron chi connectivity index (χ0n) is 7.26. The van der Waals surface area contributed by atoms with Crippen LogP contribution < -0.4 is 0 Å². The maximum Gasteiger partial charge on any atom is 0.207 e. The number of nitrogens with one attached hydrogen (secondary N) is 1. The van der Waals surface area contributed by atoms with Crippen LogP contribution in [0.1, 0.15) is 17.8 Å². The summed E-state index contributed by atoms with van der Waals surface area (Å²) in [5.41, 5.74) is 0. The lowest BCUT2D eigenvalue weighted by molar-refractivity contribution is 0.557. The van der Waals surface area contributed by atoms with E-state index in [9.17, 15) is 4.21 Å². The lowest BCUT2D eigenvalue weighted by atomic mass is 10.3. The summed E-state index contributed by atoms with van der Waals surface area (Å²) >= 11 is 10.6. The third kappa shape index (κ3) is 5.11. The highest BCUT2D eigenvalue weighted by Crippen LogP contribution is 2.07. The van der Waals surface area contributed by atoms with Crippen molar-refractivity contribution in [2.75, 3.05) is 5.75 Å². The van der Waals surface area contributed by atoms with Gasteiger partial charge in [-0.05, 0) is 36.6 Å². The fourth-order valence-electron chi connectivity index (χ4n) is 0.929. The van der Waals surface area contributed by atoms with Crippen LogP contribution in [0.5, 0.6) is 0 Å². The molecule has 0 saturated heterocycles. The normalized spacial score (nSPS) is 15.2. The van der Waals surface area contributed by atoms with E-state index < -0.39 is 8.77 Å². The first-order valence-corrected chi connectivity index (χ1v) is 7.80. The number of aromatic amines is 1. The lowest BCUT2D eigenvalue weighted by Crippen LogP contribution is -2.02. The van der Waals surface area contributed by atoms with Crippen molar-refractivity contribution in [1.82, 2.24) is 9.36 Å². The molecule has 0 radical (unpaired) electrons. The maximum atomic E-state index is 10.7. The van der Waals surface area contributed by atoms with Crippen LogP contribution in [0.4, 0.5) is 0 Å². The Morgan fingerprint density at radius 2 is 2.29 bits per heavy atom. The van der Waals surface area contributed by atoms with Gasteiger partial charge in [0, 0.05) is 23.4 Å². The maximum absolute atomic E-state index is 10.7. The summed E-state index contributed by atoms with van der Waals surface area (Å²) in [6, 6.07) is 0. The second-order valence-electron chi connectivity index (χ2n) is 2.76. The molecule has 1 aromatic heterocycles. The van der Waals surface area contributed by atoms with E-state index in [1.165, 1.54) is 11.5 Å². The van der Waals surface area contributed by atoms with E-state index in [0.29, 0.717) is 11.2 Å². The second kappa shape index (κ2) is 5.26. The van der Waals surface area contributed by atoms with Crippen molar-refractivity contribution in [2.24, 2.45) is 0 Å². The summed E-state index contributed by atoms with van der Waals surface area (Å²) in [7, 11) is -2.99. The molecule has 80 valence electrons. The minimum Gasteiger partial charge on any atom is -0.306 e. The Hall–Kier alpha value is 0.110. The van der Waals surface area contributed by atoms with Gasteiger partial charge in [0.15, 0.2) is 0 Å². The van der Waals surface area contributed by atoms with Crippen LogP contribution in [0.15, 0.2) is 0 Å². The average molecular weight is 270 g/mol. The molecule has 1 heterocycles. The molecule has 0 aromatic carbocycles. The van der Waals surface area contributed by atoms with Crippen LogP contribution in [-0.4, -0.2) is 23.9 Å². The van der Waals surface area contributed by atoms with E-state index in [2.05, 4.69) is 20.5 Å². The molecule has 0 saturated carbocycles. The summed E-state index contributed by atoms with van der Waals surface area (Å²) in [5, 5.41) is 0.934. The molecule has 0 spiro atoms. The summed E-state index contributed by atoms with van der Waals surface area (Å²) in [4.78, 5) is 4.06.